The summed E-state index contributed by atoms with van der Waals surface area (Å²) in [6.07, 6.45) is 0. The molecule has 0 aromatic heterocycles. The van der Waals surface area contributed by atoms with Gasteiger partial charge in [-0.05, 0) is 134 Å². The molecular formula is C34H24F2O4. The molecule has 0 bridgehead atoms. The van der Waals surface area contributed by atoms with Gasteiger partial charge < -0.3 is 9.47 Å². The SMILES string of the molecule is Cc1cc(C(=O)c2ccc(F)cc2)ccc1Oc1ccc(Oc2ccc(C(=O)c3ccc(F)cc3)cc2C)cc1. The van der Waals surface area contributed by atoms with Crippen LogP contribution < -0.4 is 9.47 Å². The summed E-state index contributed by atoms with van der Waals surface area (Å²) in [6, 6.07) is 28.3. The molecule has 198 valence electrons. The number of carbonyl (C=O) groups excluding carboxylic acids is 2. The lowest BCUT2D eigenvalue weighted by Gasteiger charge is -2.12. The largest absolute Gasteiger partial charge is 0.457 e. The summed E-state index contributed by atoms with van der Waals surface area (Å²) in [5.41, 5.74) is 3.35. The Morgan fingerprint density at radius 1 is 0.475 bits per heavy atom. The first-order chi connectivity index (χ1) is 19.3. The van der Waals surface area contributed by atoms with Gasteiger partial charge in [-0.25, -0.2) is 8.78 Å². The molecule has 0 radical (unpaired) electrons. The van der Waals surface area contributed by atoms with E-state index in [9.17, 15) is 18.4 Å². The molecule has 6 heteroatoms. The molecule has 40 heavy (non-hydrogen) atoms. The molecule has 0 aliphatic heterocycles. The average Bonchev–Trinajstić information content (AvgIpc) is 2.96. The zero-order chi connectivity index (χ0) is 28.2. The lowest BCUT2D eigenvalue weighted by Crippen LogP contribution is -2.02. The van der Waals surface area contributed by atoms with Gasteiger partial charge in [0.25, 0.3) is 0 Å². The van der Waals surface area contributed by atoms with E-state index in [0.717, 1.165) is 11.1 Å². The minimum Gasteiger partial charge on any atom is -0.457 e. The topological polar surface area (TPSA) is 52.6 Å². The number of carbonyl (C=O) groups is 2. The van der Waals surface area contributed by atoms with E-state index in [4.69, 9.17) is 9.47 Å². The van der Waals surface area contributed by atoms with E-state index in [0.29, 0.717) is 45.3 Å². The smallest absolute Gasteiger partial charge is 0.193 e. The van der Waals surface area contributed by atoms with Gasteiger partial charge in [-0.1, -0.05) is 0 Å². The minimum atomic E-state index is -0.393. The van der Waals surface area contributed by atoms with E-state index in [-0.39, 0.29) is 11.6 Å². The number of aryl methyl sites for hydroxylation is 2. The van der Waals surface area contributed by atoms with Crippen molar-refractivity contribution >= 4 is 11.6 Å². The van der Waals surface area contributed by atoms with Crippen molar-refractivity contribution < 1.29 is 27.8 Å². The van der Waals surface area contributed by atoms with E-state index >= 15 is 0 Å². The van der Waals surface area contributed by atoms with Gasteiger partial charge in [-0.15, -0.1) is 0 Å². The van der Waals surface area contributed by atoms with Gasteiger partial charge in [0.2, 0.25) is 0 Å². The standard InChI is InChI=1S/C34H24F2O4/c1-21-19-25(33(37)23-3-9-27(35)10-4-23)7-17-31(21)39-29-13-15-30(16-14-29)40-32-18-8-26(20-22(32)2)34(38)24-5-11-28(36)12-6-24/h3-20H,1-2H3. The summed E-state index contributed by atoms with van der Waals surface area (Å²) in [6.45, 7) is 3.70. The van der Waals surface area contributed by atoms with Crippen LogP contribution in [0.4, 0.5) is 8.78 Å². The van der Waals surface area contributed by atoms with Crippen molar-refractivity contribution in [2.45, 2.75) is 13.8 Å². The van der Waals surface area contributed by atoms with Crippen LogP contribution in [-0.4, -0.2) is 11.6 Å². The normalized spacial score (nSPS) is 10.7. The maximum absolute atomic E-state index is 13.2. The Labute approximate surface area is 230 Å². The summed E-state index contributed by atoms with van der Waals surface area (Å²) in [5.74, 6) is 1.20. The van der Waals surface area contributed by atoms with Crippen molar-refractivity contribution in [3.63, 3.8) is 0 Å². The van der Waals surface area contributed by atoms with Gasteiger partial charge >= 0.3 is 0 Å². The molecule has 5 rings (SSSR count). The van der Waals surface area contributed by atoms with Gasteiger partial charge in [-0.2, -0.15) is 0 Å². The Bertz CT molecular complexity index is 1560. The molecule has 0 atom stereocenters. The van der Waals surface area contributed by atoms with Crippen LogP contribution in [-0.2, 0) is 0 Å². The maximum Gasteiger partial charge on any atom is 0.193 e. The number of benzene rings is 5. The minimum absolute atomic E-state index is 0.195. The van der Waals surface area contributed by atoms with Gasteiger partial charge in [0, 0.05) is 22.3 Å². The van der Waals surface area contributed by atoms with Crippen LogP contribution in [0.15, 0.2) is 109 Å². The van der Waals surface area contributed by atoms with Gasteiger partial charge in [0.05, 0.1) is 0 Å². The molecule has 5 aromatic carbocycles. The zero-order valence-corrected chi connectivity index (χ0v) is 21.8. The van der Waals surface area contributed by atoms with E-state index in [1.807, 2.05) is 13.8 Å². The molecule has 0 heterocycles. The monoisotopic (exact) mass is 534 g/mol. The highest BCUT2D eigenvalue weighted by Gasteiger charge is 2.13. The zero-order valence-electron chi connectivity index (χ0n) is 21.8. The molecule has 0 aliphatic rings. The number of ether oxygens (including phenoxy) is 2. The number of ketones is 2. The molecule has 5 aromatic rings. The third-order valence-electron chi connectivity index (χ3n) is 6.37. The van der Waals surface area contributed by atoms with Crippen molar-refractivity contribution in [2.75, 3.05) is 0 Å². The fraction of sp³-hybridized carbons (Fsp3) is 0.0588. The van der Waals surface area contributed by atoms with Crippen molar-refractivity contribution in [1.29, 1.82) is 0 Å². The predicted octanol–water partition coefficient (Wildman–Crippen LogP) is 8.63. The highest BCUT2D eigenvalue weighted by atomic mass is 19.1. The van der Waals surface area contributed by atoms with Crippen LogP contribution in [0, 0.1) is 25.5 Å². The first-order valence-corrected chi connectivity index (χ1v) is 12.5. The lowest BCUT2D eigenvalue weighted by molar-refractivity contribution is 0.103. The Balaban J connectivity index is 1.24. The van der Waals surface area contributed by atoms with Crippen molar-refractivity contribution in [2.24, 2.45) is 0 Å². The molecule has 0 aliphatic carbocycles. The molecule has 0 spiro atoms. The summed E-state index contributed by atoms with van der Waals surface area (Å²) < 4.78 is 38.4. The summed E-state index contributed by atoms with van der Waals surface area (Å²) in [7, 11) is 0. The van der Waals surface area contributed by atoms with Crippen LogP contribution in [0.25, 0.3) is 0 Å². The Morgan fingerprint density at radius 2 is 0.800 bits per heavy atom. The molecule has 0 saturated heterocycles. The molecule has 0 unspecified atom stereocenters. The Hall–Kier alpha value is -5.10. The first-order valence-electron chi connectivity index (χ1n) is 12.5. The van der Waals surface area contributed by atoms with Crippen LogP contribution in [0.2, 0.25) is 0 Å². The number of hydrogen-bond donors (Lipinski definition) is 0. The average molecular weight is 535 g/mol. The second-order valence-electron chi connectivity index (χ2n) is 9.31. The van der Waals surface area contributed by atoms with Crippen LogP contribution in [0.3, 0.4) is 0 Å². The molecule has 0 saturated carbocycles. The number of halogens is 2. The van der Waals surface area contributed by atoms with E-state index in [1.54, 1.807) is 60.7 Å². The molecule has 0 fully saturated rings. The predicted molar refractivity (Wildman–Crippen MR) is 149 cm³/mol. The third kappa shape index (κ3) is 5.97. The maximum atomic E-state index is 13.2. The molecule has 4 nitrogen and oxygen atoms in total. The third-order valence-corrected chi connectivity index (χ3v) is 6.37. The second kappa shape index (κ2) is 11.3. The Kier molecular flexibility index (Phi) is 7.51. The molecule has 0 N–H and O–H groups in total. The van der Waals surface area contributed by atoms with E-state index < -0.39 is 11.6 Å². The number of rotatable bonds is 8. The van der Waals surface area contributed by atoms with Crippen LogP contribution in [0.1, 0.15) is 43.0 Å². The lowest BCUT2D eigenvalue weighted by atomic mass is 10.0. The summed E-state index contributed by atoms with van der Waals surface area (Å²) >= 11 is 0. The van der Waals surface area contributed by atoms with Gasteiger partial charge in [-0.3, -0.25) is 9.59 Å². The quantitative estimate of drug-likeness (QED) is 0.187. The number of hydrogen-bond acceptors (Lipinski definition) is 4. The van der Waals surface area contributed by atoms with Gasteiger partial charge in [0.15, 0.2) is 11.6 Å². The highest BCUT2D eigenvalue weighted by Crippen LogP contribution is 2.31. The van der Waals surface area contributed by atoms with Crippen LogP contribution in [0.5, 0.6) is 23.0 Å². The molecule has 0 amide bonds. The van der Waals surface area contributed by atoms with Crippen LogP contribution >= 0.6 is 0 Å². The van der Waals surface area contributed by atoms with Crippen molar-refractivity contribution in [3.8, 4) is 23.0 Å². The fourth-order valence-electron chi connectivity index (χ4n) is 4.18. The highest BCUT2D eigenvalue weighted by molar-refractivity contribution is 6.09. The van der Waals surface area contributed by atoms with E-state index in [1.165, 1.54) is 48.5 Å². The fourth-order valence-corrected chi connectivity index (χ4v) is 4.18. The second-order valence-corrected chi connectivity index (χ2v) is 9.31. The summed E-state index contributed by atoms with van der Waals surface area (Å²) in [4.78, 5) is 25.4. The molecular weight excluding hydrogens is 510 g/mol. The van der Waals surface area contributed by atoms with E-state index in [2.05, 4.69) is 0 Å². The van der Waals surface area contributed by atoms with Crippen molar-refractivity contribution in [1.82, 2.24) is 0 Å². The first kappa shape index (κ1) is 26.5. The van der Waals surface area contributed by atoms with Gasteiger partial charge in [0.1, 0.15) is 34.6 Å². The summed E-state index contributed by atoms with van der Waals surface area (Å²) in [5, 5.41) is 0. The van der Waals surface area contributed by atoms with Crippen molar-refractivity contribution in [3.05, 3.63) is 154 Å². The Morgan fingerprint density at radius 3 is 1.12 bits per heavy atom.